The molecule has 0 atom stereocenters. The second kappa shape index (κ2) is 8.23. The molecule has 0 fully saturated rings. The van der Waals surface area contributed by atoms with Crippen LogP contribution in [0.3, 0.4) is 0 Å². The summed E-state index contributed by atoms with van der Waals surface area (Å²) in [4.78, 5) is 28.7. The van der Waals surface area contributed by atoms with Gasteiger partial charge in [-0.1, -0.05) is 66.2 Å². The topological polar surface area (TPSA) is 49.4 Å². The van der Waals surface area contributed by atoms with Crippen LogP contribution in [0, 0.1) is 13.8 Å². The SMILES string of the molecule is Cc1ccc(NC2=C(c3ccc(Cl)cc3)C(=O)N(c3cccc4ccccc34)C2=O)cc1C. The molecule has 4 aromatic carbocycles. The summed E-state index contributed by atoms with van der Waals surface area (Å²) in [6.45, 7) is 4.04. The van der Waals surface area contributed by atoms with Crippen molar-refractivity contribution in [3.63, 3.8) is 0 Å². The molecule has 162 valence electrons. The smallest absolute Gasteiger partial charge is 0.282 e. The normalized spacial score (nSPS) is 13.8. The summed E-state index contributed by atoms with van der Waals surface area (Å²) >= 11 is 6.08. The van der Waals surface area contributed by atoms with Gasteiger partial charge >= 0.3 is 0 Å². The molecule has 1 heterocycles. The molecule has 1 aliphatic rings. The van der Waals surface area contributed by atoms with E-state index in [0.717, 1.165) is 27.6 Å². The first-order valence-electron chi connectivity index (χ1n) is 10.6. The van der Waals surface area contributed by atoms with Crippen LogP contribution in [0.15, 0.2) is 90.6 Å². The lowest BCUT2D eigenvalue weighted by molar-refractivity contribution is -0.120. The molecule has 0 aliphatic carbocycles. The number of benzene rings is 4. The van der Waals surface area contributed by atoms with Gasteiger partial charge in [0.2, 0.25) is 0 Å². The monoisotopic (exact) mass is 452 g/mol. The molecule has 4 aromatic rings. The van der Waals surface area contributed by atoms with E-state index in [4.69, 9.17) is 11.6 Å². The number of nitrogens with one attached hydrogen (secondary N) is 1. The van der Waals surface area contributed by atoms with Gasteiger partial charge in [-0.2, -0.15) is 0 Å². The van der Waals surface area contributed by atoms with E-state index < -0.39 is 0 Å². The molecule has 0 radical (unpaired) electrons. The predicted molar refractivity (Wildman–Crippen MR) is 134 cm³/mol. The van der Waals surface area contributed by atoms with E-state index in [2.05, 4.69) is 5.32 Å². The minimum Gasteiger partial charge on any atom is -0.350 e. The highest BCUT2D eigenvalue weighted by Crippen LogP contribution is 2.37. The van der Waals surface area contributed by atoms with Gasteiger partial charge in [-0.25, -0.2) is 4.90 Å². The number of hydrogen-bond donors (Lipinski definition) is 1. The molecule has 0 aromatic heterocycles. The van der Waals surface area contributed by atoms with Crippen LogP contribution in [0.25, 0.3) is 16.3 Å². The lowest BCUT2D eigenvalue weighted by Crippen LogP contribution is -2.32. The average molecular weight is 453 g/mol. The molecule has 2 amide bonds. The van der Waals surface area contributed by atoms with Gasteiger partial charge in [-0.3, -0.25) is 9.59 Å². The maximum Gasteiger partial charge on any atom is 0.282 e. The van der Waals surface area contributed by atoms with E-state index in [-0.39, 0.29) is 17.5 Å². The van der Waals surface area contributed by atoms with Gasteiger partial charge in [0, 0.05) is 16.1 Å². The van der Waals surface area contributed by atoms with Gasteiger partial charge in [-0.05, 0) is 66.3 Å². The highest BCUT2D eigenvalue weighted by atomic mass is 35.5. The lowest BCUT2D eigenvalue weighted by atomic mass is 10.0. The Balaban J connectivity index is 1.66. The van der Waals surface area contributed by atoms with Crippen molar-refractivity contribution in [2.45, 2.75) is 13.8 Å². The van der Waals surface area contributed by atoms with Gasteiger partial charge in [0.05, 0.1) is 11.3 Å². The van der Waals surface area contributed by atoms with Crippen molar-refractivity contribution < 1.29 is 9.59 Å². The second-order valence-corrected chi connectivity index (χ2v) is 8.56. The van der Waals surface area contributed by atoms with Gasteiger partial charge in [0.25, 0.3) is 11.8 Å². The molecule has 0 bridgehead atoms. The maximum absolute atomic E-state index is 13.7. The van der Waals surface area contributed by atoms with Crippen molar-refractivity contribution in [1.82, 2.24) is 0 Å². The van der Waals surface area contributed by atoms with Crippen molar-refractivity contribution >= 4 is 51.1 Å². The molecule has 5 heteroatoms. The number of anilines is 2. The van der Waals surface area contributed by atoms with Crippen molar-refractivity contribution in [2.75, 3.05) is 10.2 Å². The Kier molecular flexibility index (Phi) is 5.23. The molecule has 0 spiro atoms. The summed E-state index contributed by atoms with van der Waals surface area (Å²) in [7, 11) is 0. The number of nitrogens with zero attached hydrogens (tertiary/aromatic N) is 1. The fourth-order valence-corrected chi connectivity index (χ4v) is 4.24. The lowest BCUT2D eigenvalue weighted by Gasteiger charge is -2.18. The Hall–Kier alpha value is -3.89. The van der Waals surface area contributed by atoms with E-state index >= 15 is 0 Å². The maximum atomic E-state index is 13.7. The van der Waals surface area contributed by atoms with Crippen LogP contribution in [-0.4, -0.2) is 11.8 Å². The number of imide groups is 1. The molecule has 1 N–H and O–H groups in total. The highest BCUT2D eigenvalue weighted by molar-refractivity contribution is 6.47. The Morgan fingerprint density at radius 1 is 0.758 bits per heavy atom. The zero-order valence-electron chi connectivity index (χ0n) is 18.2. The van der Waals surface area contributed by atoms with Crippen molar-refractivity contribution in [3.05, 3.63) is 112 Å². The molecule has 0 unspecified atom stereocenters. The van der Waals surface area contributed by atoms with Gasteiger partial charge < -0.3 is 5.32 Å². The third-order valence-electron chi connectivity index (χ3n) is 6.00. The summed E-state index contributed by atoms with van der Waals surface area (Å²) < 4.78 is 0. The number of carbonyl (C=O) groups is 2. The number of hydrogen-bond acceptors (Lipinski definition) is 3. The number of aryl methyl sites for hydroxylation is 2. The van der Waals surface area contributed by atoms with Crippen molar-refractivity contribution in [1.29, 1.82) is 0 Å². The van der Waals surface area contributed by atoms with Crippen molar-refractivity contribution in [2.24, 2.45) is 0 Å². The molecule has 0 saturated heterocycles. The minimum absolute atomic E-state index is 0.249. The largest absolute Gasteiger partial charge is 0.350 e. The van der Waals surface area contributed by atoms with E-state index in [1.165, 1.54) is 4.90 Å². The average Bonchev–Trinajstić information content (AvgIpc) is 3.05. The van der Waals surface area contributed by atoms with E-state index in [1.54, 1.807) is 30.3 Å². The fraction of sp³-hybridized carbons (Fsp3) is 0.0714. The minimum atomic E-state index is -0.389. The van der Waals surface area contributed by atoms with Crippen LogP contribution in [0.5, 0.6) is 0 Å². The molecule has 5 rings (SSSR count). The summed E-state index contributed by atoms with van der Waals surface area (Å²) in [6.07, 6.45) is 0. The zero-order chi connectivity index (χ0) is 23.1. The third-order valence-corrected chi connectivity index (χ3v) is 6.25. The van der Waals surface area contributed by atoms with Gasteiger partial charge in [-0.15, -0.1) is 0 Å². The van der Waals surface area contributed by atoms with E-state index in [1.807, 2.05) is 68.4 Å². The van der Waals surface area contributed by atoms with E-state index in [9.17, 15) is 9.59 Å². The molecule has 4 nitrogen and oxygen atoms in total. The Morgan fingerprint density at radius 3 is 2.24 bits per heavy atom. The Bertz CT molecular complexity index is 1450. The number of fused-ring (bicyclic) bond motifs is 1. The summed E-state index contributed by atoms with van der Waals surface area (Å²) in [5, 5.41) is 5.59. The first kappa shape index (κ1) is 21.0. The summed E-state index contributed by atoms with van der Waals surface area (Å²) in [5.74, 6) is -0.760. The van der Waals surface area contributed by atoms with Gasteiger partial charge in [0.15, 0.2) is 0 Å². The van der Waals surface area contributed by atoms with Crippen molar-refractivity contribution in [3.8, 4) is 0 Å². The Labute approximate surface area is 197 Å². The number of rotatable bonds is 4. The Morgan fingerprint density at radius 2 is 1.48 bits per heavy atom. The van der Waals surface area contributed by atoms with Crippen LogP contribution >= 0.6 is 11.6 Å². The van der Waals surface area contributed by atoms with Crippen LogP contribution in [0.2, 0.25) is 5.02 Å². The quantitative estimate of drug-likeness (QED) is 0.359. The second-order valence-electron chi connectivity index (χ2n) is 8.12. The first-order valence-corrected chi connectivity index (χ1v) is 11.0. The number of halogens is 1. The van der Waals surface area contributed by atoms with Gasteiger partial charge in [0.1, 0.15) is 5.70 Å². The van der Waals surface area contributed by atoms with Crippen LogP contribution in [0.1, 0.15) is 16.7 Å². The molecule has 1 aliphatic heterocycles. The summed E-state index contributed by atoms with van der Waals surface area (Å²) in [5.41, 5.74) is 4.76. The zero-order valence-corrected chi connectivity index (χ0v) is 19.0. The molecular weight excluding hydrogens is 432 g/mol. The summed E-state index contributed by atoms with van der Waals surface area (Å²) in [6, 6.07) is 26.2. The molecule has 0 saturated carbocycles. The highest BCUT2D eigenvalue weighted by Gasteiger charge is 2.40. The molecular formula is C28H21ClN2O2. The third kappa shape index (κ3) is 3.69. The number of carbonyl (C=O) groups excluding carboxylic acids is 2. The first-order chi connectivity index (χ1) is 15.9. The van der Waals surface area contributed by atoms with E-state index in [0.29, 0.717) is 21.8 Å². The fourth-order valence-electron chi connectivity index (χ4n) is 4.12. The standard InChI is InChI=1S/C28H21ClN2O2/c1-17-10-15-22(16-18(17)2)30-26-25(20-11-13-21(29)14-12-20)27(32)31(28(26)33)24-9-5-7-19-6-3-4-8-23(19)24/h3-16,30H,1-2H3. The number of amides is 2. The van der Waals surface area contributed by atoms with Crippen LogP contribution < -0.4 is 10.2 Å². The molecule has 33 heavy (non-hydrogen) atoms. The van der Waals surface area contributed by atoms with Crippen LogP contribution in [0.4, 0.5) is 11.4 Å². The van der Waals surface area contributed by atoms with Crippen LogP contribution in [-0.2, 0) is 9.59 Å². The predicted octanol–water partition coefficient (Wildman–Crippen LogP) is 6.51.